The molecule has 17 heavy (non-hydrogen) atoms. The van der Waals surface area contributed by atoms with Gasteiger partial charge in [0.15, 0.2) is 0 Å². The molecule has 1 aromatic heterocycles. The van der Waals surface area contributed by atoms with Crippen LogP contribution in [0.4, 0.5) is 0 Å². The molecule has 0 saturated heterocycles. The Morgan fingerprint density at radius 1 is 1.47 bits per heavy atom. The lowest BCUT2D eigenvalue weighted by molar-refractivity contribution is 0.164. The molecule has 1 aromatic rings. The van der Waals surface area contributed by atoms with Crippen molar-refractivity contribution in [3.8, 4) is 0 Å². The second-order valence-corrected chi connectivity index (χ2v) is 4.99. The molecule has 1 rings (SSSR count). The van der Waals surface area contributed by atoms with Crippen molar-refractivity contribution < 1.29 is 5.11 Å². The van der Waals surface area contributed by atoms with Gasteiger partial charge in [-0.1, -0.05) is 6.92 Å². The molecule has 0 aliphatic carbocycles. The van der Waals surface area contributed by atoms with Crippen LogP contribution in [-0.2, 0) is 6.54 Å². The van der Waals surface area contributed by atoms with Crippen LogP contribution in [0.2, 0.25) is 0 Å². The van der Waals surface area contributed by atoms with E-state index in [4.69, 9.17) is 0 Å². The van der Waals surface area contributed by atoms with Gasteiger partial charge >= 0.3 is 0 Å². The van der Waals surface area contributed by atoms with Gasteiger partial charge < -0.3 is 10.4 Å². The molecule has 2 N–H and O–H groups in total. The second-order valence-electron chi connectivity index (χ2n) is 4.99. The highest BCUT2D eigenvalue weighted by molar-refractivity contribution is 4.99. The van der Waals surface area contributed by atoms with Crippen molar-refractivity contribution in [2.45, 2.75) is 52.1 Å². The van der Waals surface area contributed by atoms with E-state index in [-0.39, 0.29) is 12.1 Å². The molecule has 0 aliphatic heterocycles. The number of rotatable bonds is 8. The highest BCUT2D eigenvalue weighted by Gasteiger charge is 2.20. The third kappa shape index (κ3) is 4.88. The van der Waals surface area contributed by atoms with E-state index in [0.717, 1.165) is 32.4 Å². The smallest absolute Gasteiger partial charge is 0.0610 e. The Kier molecular flexibility index (Phi) is 5.65. The van der Waals surface area contributed by atoms with E-state index in [1.54, 1.807) is 0 Å². The lowest BCUT2D eigenvalue weighted by atomic mass is 9.96. The number of hydrogen-bond donors (Lipinski definition) is 2. The summed E-state index contributed by atoms with van der Waals surface area (Å²) >= 11 is 0. The monoisotopic (exact) mass is 239 g/mol. The maximum absolute atomic E-state index is 9.36. The van der Waals surface area contributed by atoms with Crippen LogP contribution in [0.3, 0.4) is 0 Å². The number of aromatic nitrogens is 2. The van der Waals surface area contributed by atoms with Crippen LogP contribution in [-0.4, -0.2) is 33.6 Å². The number of nitrogens with zero attached hydrogens (tertiary/aromatic N) is 2. The van der Waals surface area contributed by atoms with Crippen LogP contribution in [0.5, 0.6) is 0 Å². The first kappa shape index (κ1) is 14.2. The predicted octanol–water partition coefficient (Wildman–Crippen LogP) is 1.72. The normalized spacial score (nSPS) is 14.8. The number of nitrogens with one attached hydrogen (secondary N) is 1. The molecular weight excluding hydrogens is 214 g/mol. The first-order chi connectivity index (χ1) is 8.09. The van der Waals surface area contributed by atoms with Gasteiger partial charge in [0.05, 0.1) is 12.8 Å². The van der Waals surface area contributed by atoms with Crippen molar-refractivity contribution in [3.63, 3.8) is 0 Å². The van der Waals surface area contributed by atoms with Crippen molar-refractivity contribution in [1.82, 2.24) is 15.1 Å². The summed E-state index contributed by atoms with van der Waals surface area (Å²) in [6.45, 7) is 8.26. The Labute approximate surface area is 104 Å². The van der Waals surface area contributed by atoms with Crippen molar-refractivity contribution in [2.75, 3.05) is 13.2 Å². The summed E-state index contributed by atoms with van der Waals surface area (Å²) in [5.74, 6) is 0. The van der Waals surface area contributed by atoms with Crippen LogP contribution in [0.25, 0.3) is 0 Å². The minimum absolute atomic E-state index is 0.130. The molecule has 4 heteroatoms. The largest absolute Gasteiger partial charge is 0.394 e. The van der Waals surface area contributed by atoms with E-state index in [0.29, 0.717) is 0 Å². The predicted molar refractivity (Wildman–Crippen MR) is 70.0 cm³/mol. The van der Waals surface area contributed by atoms with Gasteiger partial charge in [-0.05, 0) is 45.2 Å². The molecule has 1 heterocycles. The van der Waals surface area contributed by atoms with Gasteiger partial charge in [0.1, 0.15) is 0 Å². The summed E-state index contributed by atoms with van der Waals surface area (Å²) in [5.41, 5.74) is 1.08. The highest BCUT2D eigenvalue weighted by Crippen LogP contribution is 2.13. The Bertz CT molecular complexity index is 324. The highest BCUT2D eigenvalue weighted by atomic mass is 16.3. The van der Waals surface area contributed by atoms with Gasteiger partial charge in [-0.2, -0.15) is 5.10 Å². The van der Waals surface area contributed by atoms with Crippen molar-refractivity contribution in [3.05, 3.63) is 18.0 Å². The molecule has 0 spiro atoms. The van der Waals surface area contributed by atoms with E-state index in [1.165, 1.54) is 5.56 Å². The quantitative estimate of drug-likeness (QED) is 0.679. The summed E-state index contributed by atoms with van der Waals surface area (Å²) in [6.07, 6.45) is 7.15. The number of hydrogen-bond acceptors (Lipinski definition) is 3. The number of aliphatic hydroxyl groups is 1. The zero-order valence-electron chi connectivity index (χ0n) is 11.2. The molecule has 0 bridgehead atoms. The summed E-state index contributed by atoms with van der Waals surface area (Å²) < 4.78 is 1.98. The van der Waals surface area contributed by atoms with Crippen molar-refractivity contribution in [1.29, 1.82) is 0 Å². The third-order valence-electron chi connectivity index (χ3n) is 3.08. The number of aryl methyl sites for hydroxylation is 2. The maximum Gasteiger partial charge on any atom is 0.0610 e. The Hall–Kier alpha value is -0.870. The summed E-state index contributed by atoms with van der Waals surface area (Å²) in [5, 5.41) is 17.0. The van der Waals surface area contributed by atoms with Crippen LogP contribution in [0, 0.1) is 6.92 Å². The molecule has 0 amide bonds. The zero-order valence-corrected chi connectivity index (χ0v) is 11.2. The molecule has 1 unspecified atom stereocenters. The third-order valence-corrected chi connectivity index (χ3v) is 3.08. The SMILES string of the molecule is CCNC(C)(CO)CCCCn1cc(C)cn1. The van der Waals surface area contributed by atoms with Gasteiger partial charge in [-0.15, -0.1) is 0 Å². The molecule has 98 valence electrons. The van der Waals surface area contributed by atoms with E-state index in [9.17, 15) is 5.11 Å². The lowest BCUT2D eigenvalue weighted by Crippen LogP contribution is -2.45. The summed E-state index contributed by atoms with van der Waals surface area (Å²) in [6, 6.07) is 0. The Balaban J connectivity index is 2.23. The van der Waals surface area contributed by atoms with Gasteiger partial charge in [0.2, 0.25) is 0 Å². The number of unbranched alkanes of at least 4 members (excludes halogenated alkanes) is 1. The molecule has 0 saturated carbocycles. The van der Waals surface area contributed by atoms with E-state index in [1.807, 2.05) is 10.9 Å². The molecule has 0 radical (unpaired) electrons. The number of likely N-dealkylation sites (N-methyl/N-ethyl adjacent to an activating group) is 1. The first-order valence-electron chi connectivity index (χ1n) is 6.44. The van der Waals surface area contributed by atoms with E-state index >= 15 is 0 Å². The lowest BCUT2D eigenvalue weighted by Gasteiger charge is -2.28. The second kappa shape index (κ2) is 6.77. The fourth-order valence-electron chi connectivity index (χ4n) is 2.03. The number of aliphatic hydroxyl groups excluding tert-OH is 1. The molecule has 0 fully saturated rings. The summed E-state index contributed by atoms with van der Waals surface area (Å²) in [7, 11) is 0. The minimum Gasteiger partial charge on any atom is -0.394 e. The van der Waals surface area contributed by atoms with Gasteiger partial charge in [-0.25, -0.2) is 0 Å². The average Bonchev–Trinajstić information content (AvgIpc) is 2.71. The Morgan fingerprint density at radius 2 is 2.24 bits per heavy atom. The topological polar surface area (TPSA) is 50.1 Å². The average molecular weight is 239 g/mol. The van der Waals surface area contributed by atoms with Gasteiger partial charge in [0.25, 0.3) is 0 Å². The molecular formula is C13H25N3O. The molecule has 4 nitrogen and oxygen atoms in total. The fourth-order valence-corrected chi connectivity index (χ4v) is 2.03. The Morgan fingerprint density at radius 3 is 2.76 bits per heavy atom. The molecule has 0 aliphatic rings. The minimum atomic E-state index is -0.130. The fraction of sp³-hybridized carbons (Fsp3) is 0.769. The zero-order chi connectivity index (χ0) is 12.7. The van der Waals surface area contributed by atoms with Crippen LogP contribution in [0.15, 0.2) is 12.4 Å². The van der Waals surface area contributed by atoms with Crippen LogP contribution in [0.1, 0.15) is 38.7 Å². The standard InChI is InChI=1S/C13H25N3O/c1-4-14-13(3,11-17)7-5-6-8-16-10-12(2)9-15-16/h9-10,14,17H,4-8,11H2,1-3H3. The first-order valence-corrected chi connectivity index (χ1v) is 6.44. The van der Waals surface area contributed by atoms with E-state index in [2.05, 4.69) is 37.4 Å². The van der Waals surface area contributed by atoms with Gasteiger partial charge in [0, 0.05) is 18.3 Å². The van der Waals surface area contributed by atoms with Gasteiger partial charge in [-0.3, -0.25) is 4.68 Å². The van der Waals surface area contributed by atoms with E-state index < -0.39 is 0 Å². The maximum atomic E-state index is 9.36. The molecule has 1 atom stereocenters. The van der Waals surface area contributed by atoms with Crippen LogP contribution < -0.4 is 5.32 Å². The van der Waals surface area contributed by atoms with Crippen molar-refractivity contribution >= 4 is 0 Å². The molecule has 0 aromatic carbocycles. The summed E-state index contributed by atoms with van der Waals surface area (Å²) in [4.78, 5) is 0. The van der Waals surface area contributed by atoms with Crippen molar-refractivity contribution in [2.24, 2.45) is 0 Å². The van der Waals surface area contributed by atoms with Crippen LogP contribution >= 0.6 is 0 Å².